The second-order valence-electron chi connectivity index (χ2n) is 4.98. The van der Waals surface area contributed by atoms with Crippen LogP contribution in [0.25, 0.3) is 0 Å². The number of rotatable bonds is 6. The largest absolute Gasteiger partial charge is 0.497 e. The van der Waals surface area contributed by atoms with Crippen molar-refractivity contribution in [2.24, 2.45) is 11.7 Å². The van der Waals surface area contributed by atoms with Crippen molar-refractivity contribution in [1.82, 2.24) is 4.90 Å². The molecule has 0 bridgehead atoms. The Labute approximate surface area is 121 Å². The molecule has 1 unspecified atom stereocenters. The number of ether oxygens (including phenoxy) is 2. The van der Waals surface area contributed by atoms with E-state index in [2.05, 4.69) is 4.74 Å². The summed E-state index contributed by atoms with van der Waals surface area (Å²) >= 11 is 0. The molecule has 0 saturated carbocycles. The van der Waals surface area contributed by atoms with Crippen LogP contribution < -0.4 is 15.2 Å². The van der Waals surface area contributed by atoms with Crippen molar-refractivity contribution < 1.29 is 23.0 Å². The molecule has 1 aromatic rings. The predicted octanol–water partition coefficient (Wildman–Crippen LogP) is 1.60. The molecule has 21 heavy (non-hydrogen) atoms. The normalized spacial score (nSPS) is 19.0. The van der Waals surface area contributed by atoms with E-state index < -0.39 is 6.61 Å². The van der Waals surface area contributed by atoms with Crippen LogP contribution >= 0.6 is 0 Å². The Bertz CT molecular complexity index is 511. The lowest BCUT2D eigenvalue weighted by molar-refractivity contribution is -0.121. The van der Waals surface area contributed by atoms with Gasteiger partial charge >= 0.3 is 6.61 Å². The van der Waals surface area contributed by atoms with Gasteiger partial charge in [-0.2, -0.15) is 8.78 Å². The first-order valence-corrected chi connectivity index (χ1v) is 6.63. The van der Waals surface area contributed by atoms with E-state index in [1.165, 1.54) is 13.2 Å². The minimum atomic E-state index is -2.88. The molecule has 7 heteroatoms. The monoisotopic (exact) mass is 300 g/mol. The second-order valence-corrected chi connectivity index (χ2v) is 4.98. The first-order chi connectivity index (χ1) is 9.99. The number of benzene rings is 1. The molecule has 0 aromatic heterocycles. The van der Waals surface area contributed by atoms with Crippen LogP contribution in [-0.4, -0.2) is 37.6 Å². The highest BCUT2D eigenvalue weighted by Crippen LogP contribution is 2.28. The van der Waals surface area contributed by atoms with Gasteiger partial charge in [-0.25, -0.2) is 0 Å². The lowest BCUT2D eigenvalue weighted by Gasteiger charge is -2.18. The molecule has 116 valence electrons. The van der Waals surface area contributed by atoms with Crippen LogP contribution in [-0.2, 0) is 11.3 Å². The fraction of sp³-hybridized carbons (Fsp3) is 0.500. The number of amides is 1. The Morgan fingerprint density at radius 1 is 1.52 bits per heavy atom. The average molecular weight is 300 g/mol. The molecule has 1 aromatic carbocycles. The van der Waals surface area contributed by atoms with Crippen LogP contribution in [0, 0.1) is 5.92 Å². The quantitative estimate of drug-likeness (QED) is 0.867. The number of primary amides is 1. The van der Waals surface area contributed by atoms with Gasteiger partial charge in [-0.3, -0.25) is 9.69 Å². The van der Waals surface area contributed by atoms with E-state index in [1.54, 1.807) is 12.1 Å². The number of hydrogen-bond donors (Lipinski definition) is 1. The molecule has 1 aliphatic rings. The van der Waals surface area contributed by atoms with E-state index >= 15 is 0 Å². The van der Waals surface area contributed by atoms with Gasteiger partial charge in [0.25, 0.3) is 0 Å². The van der Waals surface area contributed by atoms with Crippen molar-refractivity contribution >= 4 is 5.91 Å². The van der Waals surface area contributed by atoms with Crippen LogP contribution in [0.4, 0.5) is 8.78 Å². The molecule has 0 spiro atoms. The molecule has 2 rings (SSSR count). The number of methoxy groups -OCH3 is 1. The predicted molar refractivity (Wildman–Crippen MR) is 72.2 cm³/mol. The van der Waals surface area contributed by atoms with Crippen molar-refractivity contribution in [2.75, 3.05) is 20.2 Å². The van der Waals surface area contributed by atoms with Crippen molar-refractivity contribution in [2.45, 2.75) is 19.6 Å². The van der Waals surface area contributed by atoms with Crippen LogP contribution in [0.3, 0.4) is 0 Å². The molecule has 1 saturated heterocycles. The Hall–Kier alpha value is -1.89. The summed E-state index contributed by atoms with van der Waals surface area (Å²) in [4.78, 5) is 13.2. The van der Waals surface area contributed by atoms with Gasteiger partial charge in [-0.1, -0.05) is 0 Å². The minimum Gasteiger partial charge on any atom is -0.497 e. The van der Waals surface area contributed by atoms with Crippen LogP contribution in [0.5, 0.6) is 11.5 Å². The van der Waals surface area contributed by atoms with Gasteiger partial charge in [0.15, 0.2) is 0 Å². The van der Waals surface area contributed by atoms with Crippen LogP contribution in [0.2, 0.25) is 0 Å². The zero-order chi connectivity index (χ0) is 15.4. The molecule has 2 N–H and O–H groups in total. The van der Waals surface area contributed by atoms with Crippen molar-refractivity contribution in [3.63, 3.8) is 0 Å². The third-order valence-corrected chi connectivity index (χ3v) is 3.55. The summed E-state index contributed by atoms with van der Waals surface area (Å²) in [6, 6.07) is 4.69. The number of carbonyl (C=O) groups is 1. The summed E-state index contributed by atoms with van der Waals surface area (Å²) in [5, 5.41) is 0. The first-order valence-electron chi connectivity index (χ1n) is 6.63. The molecule has 5 nitrogen and oxygen atoms in total. The van der Waals surface area contributed by atoms with E-state index in [0.717, 1.165) is 0 Å². The van der Waals surface area contributed by atoms with Gasteiger partial charge in [0.05, 0.1) is 13.0 Å². The standard InChI is InChI=1S/C14H18F2N2O3/c1-20-11-2-3-12(21-14(15)16)10(6-11)8-18-5-4-9(7-18)13(17)19/h2-3,6,9,14H,4-5,7-8H2,1H3,(H2,17,19). The Balaban J connectivity index is 2.12. The van der Waals surface area contributed by atoms with E-state index in [0.29, 0.717) is 37.4 Å². The van der Waals surface area contributed by atoms with Gasteiger partial charge in [-0.05, 0) is 31.2 Å². The molecule has 1 atom stereocenters. The smallest absolute Gasteiger partial charge is 0.387 e. The number of likely N-dealkylation sites (tertiary alicyclic amines) is 1. The molecule has 1 amide bonds. The summed E-state index contributed by atoms with van der Waals surface area (Å²) < 4.78 is 34.5. The number of hydrogen-bond acceptors (Lipinski definition) is 4. The molecule has 1 fully saturated rings. The van der Waals surface area contributed by atoms with Gasteiger partial charge < -0.3 is 15.2 Å². The topological polar surface area (TPSA) is 64.8 Å². The minimum absolute atomic E-state index is 0.119. The van der Waals surface area contributed by atoms with Gasteiger partial charge in [0, 0.05) is 18.7 Å². The highest BCUT2D eigenvalue weighted by atomic mass is 19.3. The maximum atomic E-state index is 12.4. The summed E-state index contributed by atoms with van der Waals surface area (Å²) in [5.74, 6) is 0.174. The third-order valence-electron chi connectivity index (χ3n) is 3.55. The summed E-state index contributed by atoms with van der Waals surface area (Å²) in [5.41, 5.74) is 5.88. The molecular formula is C14H18F2N2O3. The van der Waals surface area contributed by atoms with E-state index in [4.69, 9.17) is 10.5 Å². The van der Waals surface area contributed by atoms with Crippen molar-refractivity contribution in [3.8, 4) is 11.5 Å². The number of nitrogens with zero attached hydrogens (tertiary/aromatic N) is 1. The average Bonchev–Trinajstić information content (AvgIpc) is 2.89. The van der Waals surface area contributed by atoms with E-state index in [9.17, 15) is 13.6 Å². The van der Waals surface area contributed by atoms with Crippen molar-refractivity contribution in [1.29, 1.82) is 0 Å². The van der Waals surface area contributed by atoms with Gasteiger partial charge in [0.2, 0.25) is 5.91 Å². The third kappa shape index (κ3) is 4.04. The molecule has 0 radical (unpaired) electrons. The molecule has 0 aliphatic carbocycles. The zero-order valence-electron chi connectivity index (χ0n) is 11.7. The number of halogens is 2. The number of carbonyl (C=O) groups excluding carboxylic acids is 1. The lowest BCUT2D eigenvalue weighted by atomic mass is 10.1. The maximum absolute atomic E-state index is 12.4. The Morgan fingerprint density at radius 2 is 2.29 bits per heavy atom. The highest BCUT2D eigenvalue weighted by molar-refractivity contribution is 5.77. The van der Waals surface area contributed by atoms with E-state index in [1.807, 2.05) is 4.90 Å². The van der Waals surface area contributed by atoms with Crippen molar-refractivity contribution in [3.05, 3.63) is 23.8 Å². The molecular weight excluding hydrogens is 282 g/mol. The number of alkyl halides is 2. The summed E-state index contributed by atoms with van der Waals surface area (Å²) in [6.07, 6.45) is 0.685. The fourth-order valence-corrected chi connectivity index (χ4v) is 2.47. The maximum Gasteiger partial charge on any atom is 0.387 e. The molecule has 1 heterocycles. The van der Waals surface area contributed by atoms with Crippen LogP contribution in [0.15, 0.2) is 18.2 Å². The van der Waals surface area contributed by atoms with Crippen LogP contribution in [0.1, 0.15) is 12.0 Å². The second kappa shape index (κ2) is 6.71. The van der Waals surface area contributed by atoms with Gasteiger partial charge in [0.1, 0.15) is 11.5 Å². The number of nitrogens with two attached hydrogens (primary N) is 1. The Kier molecular flexibility index (Phi) is 4.95. The molecule has 1 aliphatic heterocycles. The first kappa shape index (κ1) is 15.5. The SMILES string of the molecule is COc1ccc(OC(F)F)c(CN2CCC(C(N)=O)C2)c1. The zero-order valence-corrected chi connectivity index (χ0v) is 11.7. The highest BCUT2D eigenvalue weighted by Gasteiger charge is 2.27. The van der Waals surface area contributed by atoms with Gasteiger partial charge in [-0.15, -0.1) is 0 Å². The Morgan fingerprint density at radius 3 is 2.86 bits per heavy atom. The summed E-state index contributed by atoms with van der Waals surface area (Å²) in [6.45, 7) is -1.25. The summed E-state index contributed by atoms with van der Waals surface area (Å²) in [7, 11) is 1.51. The fourth-order valence-electron chi connectivity index (χ4n) is 2.47. The van der Waals surface area contributed by atoms with E-state index in [-0.39, 0.29) is 17.6 Å². The lowest BCUT2D eigenvalue weighted by Crippen LogP contribution is -2.27.